The number of hydrogen-bond donors (Lipinski definition) is 1. The number of rotatable bonds is 5. The van der Waals surface area contributed by atoms with Crippen molar-refractivity contribution in [3.05, 3.63) is 53.6 Å². The summed E-state index contributed by atoms with van der Waals surface area (Å²) in [6.07, 6.45) is 6.42. The molecule has 3 rings (SSSR count). The Morgan fingerprint density at radius 3 is 2.95 bits per heavy atom. The average Bonchev–Trinajstić information content (AvgIpc) is 3.01. The second-order valence-corrected chi connectivity index (χ2v) is 6.07. The lowest BCUT2D eigenvalue weighted by Crippen LogP contribution is -2.33. The molecule has 22 heavy (non-hydrogen) atoms. The molecule has 1 aliphatic heterocycles. The minimum absolute atomic E-state index is 0.126. The molecule has 0 radical (unpaired) electrons. The van der Waals surface area contributed by atoms with Crippen LogP contribution in [0.15, 0.2) is 36.7 Å². The van der Waals surface area contributed by atoms with Crippen LogP contribution in [0.2, 0.25) is 0 Å². The Balaban J connectivity index is 1.68. The first-order valence-electron chi connectivity index (χ1n) is 8.05. The van der Waals surface area contributed by atoms with Crippen molar-refractivity contribution in [3.63, 3.8) is 0 Å². The van der Waals surface area contributed by atoms with Crippen molar-refractivity contribution in [1.29, 1.82) is 0 Å². The zero-order chi connectivity index (χ0) is 15.4. The minimum Gasteiger partial charge on any atom is -0.328 e. The van der Waals surface area contributed by atoms with E-state index in [0.29, 0.717) is 5.82 Å². The van der Waals surface area contributed by atoms with Gasteiger partial charge in [0.05, 0.1) is 0 Å². The highest BCUT2D eigenvalue weighted by Crippen LogP contribution is 2.17. The summed E-state index contributed by atoms with van der Waals surface area (Å²) < 4.78 is 2.01. The topological polar surface area (TPSA) is 46.9 Å². The van der Waals surface area contributed by atoms with E-state index in [4.69, 9.17) is 0 Å². The summed E-state index contributed by atoms with van der Waals surface area (Å²) >= 11 is 0. The number of carbonyl (C=O) groups is 1. The number of benzene rings is 1. The zero-order valence-electron chi connectivity index (χ0n) is 13.1. The van der Waals surface area contributed by atoms with E-state index in [9.17, 15) is 4.79 Å². The molecular formula is C18H23N3O. The fraction of sp³-hybridized carbons (Fsp3) is 0.444. The van der Waals surface area contributed by atoms with E-state index in [2.05, 4.69) is 41.5 Å². The van der Waals surface area contributed by atoms with Crippen LogP contribution in [0.4, 0.5) is 0 Å². The van der Waals surface area contributed by atoms with Crippen LogP contribution in [-0.4, -0.2) is 28.4 Å². The second-order valence-electron chi connectivity index (χ2n) is 6.07. The maximum atomic E-state index is 12.6. The van der Waals surface area contributed by atoms with Crippen LogP contribution in [0.3, 0.4) is 0 Å². The molecule has 0 aliphatic carbocycles. The number of nitrogens with one attached hydrogen (secondary N) is 1. The standard InChI is InChI=1S/C18H23N3O/c1-14-3-2-4-15(13-14)7-11-21-12-10-20-18(21)17(22)16-5-8-19-9-6-16/h2-4,10,12-13,16,19H,5-9,11H2,1H3. The molecule has 1 aromatic carbocycles. The number of nitrogens with zero attached hydrogens (tertiary/aromatic N) is 2. The highest BCUT2D eigenvalue weighted by atomic mass is 16.1. The number of carbonyl (C=O) groups excluding carboxylic acids is 1. The van der Waals surface area contributed by atoms with Crippen LogP contribution in [0.5, 0.6) is 0 Å². The molecule has 1 fully saturated rings. The highest BCUT2D eigenvalue weighted by Gasteiger charge is 2.25. The van der Waals surface area contributed by atoms with Gasteiger partial charge in [0.15, 0.2) is 5.82 Å². The minimum atomic E-state index is 0.126. The average molecular weight is 297 g/mol. The largest absolute Gasteiger partial charge is 0.328 e. The van der Waals surface area contributed by atoms with Crippen LogP contribution in [0, 0.1) is 12.8 Å². The normalized spacial score (nSPS) is 15.9. The number of piperidine rings is 1. The van der Waals surface area contributed by atoms with E-state index in [1.807, 2.05) is 10.8 Å². The Morgan fingerprint density at radius 2 is 2.18 bits per heavy atom. The van der Waals surface area contributed by atoms with Crippen molar-refractivity contribution in [3.8, 4) is 0 Å². The Morgan fingerprint density at radius 1 is 1.36 bits per heavy atom. The smallest absolute Gasteiger partial charge is 0.201 e. The third-order valence-corrected chi connectivity index (χ3v) is 4.37. The van der Waals surface area contributed by atoms with Gasteiger partial charge in [0.1, 0.15) is 0 Å². The van der Waals surface area contributed by atoms with Gasteiger partial charge in [-0.3, -0.25) is 4.79 Å². The molecule has 4 nitrogen and oxygen atoms in total. The van der Waals surface area contributed by atoms with Gasteiger partial charge in [-0.1, -0.05) is 29.8 Å². The van der Waals surface area contributed by atoms with E-state index in [1.54, 1.807) is 6.20 Å². The molecule has 1 aromatic heterocycles. The first-order chi connectivity index (χ1) is 10.7. The fourth-order valence-corrected chi connectivity index (χ4v) is 3.10. The first-order valence-corrected chi connectivity index (χ1v) is 8.05. The monoisotopic (exact) mass is 297 g/mol. The van der Waals surface area contributed by atoms with Crippen molar-refractivity contribution in [1.82, 2.24) is 14.9 Å². The molecule has 0 amide bonds. The molecular weight excluding hydrogens is 274 g/mol. The van der Waals surface area contributed by atoms with Crippen molar-refractivity contribution < 1.29 is 4.79 Å². The van der Waals surface area contributed by atoms with Crippen LogP contribution < -0.4 is 5.32 Å². The van der Waals surface area contributed by atoms with Crippen LogP contribution in [-0.2, 0) is 13.0 Å². The van der Waals surface area contributed by atoms with E-state index < -0.39 is 0 Å². The zero-order valence-corrected chi connectivity index (χ0v) is 13.1. The second kappa shape index (κ2) is 6.88. The van der Waals surface area contributed by atoms with Crippen molar-refractivity contribution in [2.45, 2.75) is 32.7 Å². The first kappa shape index (κ1) is 15.0. The van der Waals surface area contributed by atoms with Crippen molar-refractivity contribution >= 4 is 5.78 Å². The van der Waals surface area contributed by atoms with Gasteiger partial charge in [-0.25, -0.2) is 4.98 Å². The number of aromatic nitrogens is 2. The number of ketones is 1. The van der Waals surface area contributed by atoms with E-state index in [1.165, 1.54) is 11.1 Å². The number of aryl methyl sites for hydroxylation is 3. The van der Waals surface area contributed by atoms with Crippen molar-refractivity contribution in [2.24, 2.45) is 5.92 Å². The number of hydrogen-bond acceptors (Lipinski definition) is 3. The Bertz CT molecular complexity index is 641. The summed E-state index contributed by atoms with van der Waals surface area (Å²) in [7, 11) is 0. The lowest BCUT2D eigenvalue weighted by molar-refractivity contribution is 0.0879. The fourth-order valence-electron chi connectivity index (χ4n) is 3.10. The Kier molecular flexibility index (Phi) is 4.68. The predicted octanol–water partition coefficient (Wildman–Crippen LogP) is 2.62. The number of imidazole rings is 1. The Labute approximate surface area is 131 Å². The van der Waals surface area contributed by atoms with Crippen molar-refractivity contribution in [2.75, 3.05) is 13.1 Å². The maximum Gasteiger partial charge on any atom is 0.201 e. The maximum absolute atomic E-state index is 12.6. The quantitative estimate of drug-likeness (QED) is 0.863. The summed E-state index contributed by atoms with van der Waals surface area (Å²) in [5, 5.41) is 3.30. The van der Waals surface area contributed by atoms with Gasteiger partial charge < -0.3 is 9.88 Å². The summed E-state index contributed by atoms with van der Waals surface area (Å²) in [6, 6.07) is 8.52. The summed E-state index contributed by atoms with van der Waals surface area (Å²) in [5.74, 6) is 0.955. The molecule has 0 spiro atoms. The van der Waals surface area contributed by atoms with Gasteiger partial charge in [0, 0.05) is 24.9 Å². The number of Topliss-reactive ketones (excluding diaryl/α,β-unsaturated/α-hetero) is 1. The Hall–Kier alpha value is -1.94. The summed E-state index contributed by atoms with van der Waals surface area (Å²) in [5.41, 5.74) is 2.57. The molecule has 4 heteroatoms. The highest BCUT2D eigenvalue weighted by molar-refractivity contribution is 5.94. The van der Waals surface area contributed by atoms with Gasteiger partial charge in [0.25, 0.3) is 0 Å². The molecule has 2 heterocycles. The SMILES string of the molecule is Cc1cccc(CCn2ccnc2C(=O)C2CCNCC2)c1. The van der Waals surface area contributed by atoms with Crippen LogP contribution in [0.1, 0.15) is 34.6 Å². The summed E-state index contributed by atoms with van der Waals surface area (Å²) in [4.78, 5) is 17.0. The lowest BCUT2D eigenvalue weighted by atomic mass is 9.93. The predicted molar refractivity (Wildman–Crippen MR) is 87.0 cm³/mol. The third kappa shape index (κ3) is 3.45. The van der Waals surface area contributed by atoms with Gasteiger partial charge in [-0.2, -0.15) is 0 Å². The molecule has 1 N–H and O–H groups in total. The molecule has 0 saturated carbocycles. The van der Waals surface area contributed by atoms with E-state index >= 15 is 0 Å². The van der Waals surface area contributed by atoms with Gasteiger partial charge in [0.2, 0.25) is 5.78 Å². The molecule has 2 aromatic rings. The van der Waals surface area contributed by atoms with Crippen LogP contribution in [0.25, 0.3) is 0 Å². The van der Waals surface area contributed by atoms with Gasteiger partial charge in [-0.15, -0.1) is 0 Å². The molecule has 1 saturated heterocycles. The molecule has 0 bridgehead atoms. The molecule has 0 atom stereocenters. The summed E-state index contributed by atoms with van der Waals surface area (Å²) in [6.45, 7) is 4.77. The van der Waals surface area contributed by atoms with E-state index in [0.717, 1.165) is 38.9 Å². The van der Waals surface area contributed by atoms with Gasteiger partial charge >= 0.3 is 0 Å². The van der Waals surface area contributed by atoms with Gasteiger partial charge in [-0.05, 0) is 44.8 Å². The molecule has 0 unspecified atom stereocenters. The van der Waals surface area contributed by atoms with Crippen LogP contribution >= 0.6 is 0 Å². The lowest BCUT2D eigenvalue weighted by Gasteiger charge is -2.21. The van der Waals surface area contributed by atoms with E-state index in [-0.39, 0.29) is 11.7 Å². The third-order valence-electron chi connectivity index (χ3n) is 4.37. The molecule has 1 aliphatic rings. The molecule has 116 valence electrons.